The van der Waals surface area contributed by atoms with Gasteiger partial charge in [-0.05, 0) is 6.07 Å². The average molecular weight is 374 g/mol. The first-order valence-corrected chi connectivity index (χ1v) is 5.67. The summed E-state index contributed by atoms with van der Waals surface area (Å²) < 4.78 is 63.5. The fourth-order valence-corrected chi connectivity index (χ4v) is 0.920. The highest BCUT2D eigenvalue weighted by molar-refractivity contribution is 5.86. The van der Waals surface area contributed by atoms with Crippen molar-refractivity contribution in [1.82, 2.24) is 15.0 Å². The van der Waals surface area contributed by atoms with Crippen molar-refractivity contribution < 1.29 is 46.1 Å². The van der Waals surface area contributed by atoms with Gasteiger partial charge in [-0.15, -0.1) is 0 Å². The molecular formula is C11H8F6N4O4. The van der Waals surface area contributed by atoms with E-state index in [4.69, 9.17) is 25.5 Å². The lowest BCUT2D eigenvalue weighted by molar-refractivity contribution is -0.193. The Labute approximate surface area is 133 Å². The van der Waals surface area contributed by atoms with Gasteiger partial charge in [0.2, 0.25) is 0 Å². The maximum absolute atomic E-state index is 10.6. The fraction of sp³-hybridized carbons (Fsp3) is 0.182. The fourth-order valence-electron chi connectivity index (χ4n) is 0.920. The van der Waals surface area contributed by atoms with Gasteiger partial charge in [0.05, 0.1) is 10.9 Å². The molecule has 2 heterocycles. The summed E-state index contributed by atoms with van der Waals surface area (Å²) >= 11 is 0. The van der Waals surface area contributed by atoms with Crippen LogP contribution in [0.25, 0.3) is 10.9 Å². The molecule has 8 nitrogen and oxygen atoms in total. The number of pyridine rings is 1. The molecule has 0 unspecified atom stereocenters. The predicted octanol–water partition coefficient (Wildman–Crippen LogP) is 1.87. The Morgan fingerprint density at radius 2 is 1.40 bits per heavy atom. The molecule has 0 radical (unpaired) electrons. The Morgan fingerprint density at radius 1 is 0.960 bits per heavy atom. The van der Waals surface area contributed by atoms with E-state index in [2.05, 4.69) is 15.0 Å². The third kappa shape index (κ3) is 8.29. The number of nitrogen functional groups attached to an aromatic ring is 1. The van der Waals surface area contributed by atoms with Gasteiger partial charge in [0.25, 0.3) is 0 Å². The minimum atomic E-state index is -5.08. The summed E-state index contributed by atoms with van der Waals surface area (Å²) in [5.74, 6) is -5.04. The number of carboxylic acids is 2. The van der Waals surface area contributed by atoms with Gasteiger partial charge in [-0.3, -0.25) is 4.98 Å². The summed E-state index contributed by atoms with van der Waals surface area (Å²) in [6, 6.07) is 1.80. The van der Waals surface area contributed by atoms with E-state index in [1.165, 1.54) is 6.33 Å². The van der Waals surface area contributed by atoms with Crippen molar-refractivity contribution in [1.29, 1.82) is 0 Å². The molecule has 25 heavy (non-hydrogen) atoms. The second-order valence-electron chi connectivity index (χ2n) is 3.76. The highest BCUT2D eigenvalue weighted by Crippen LogP contribution is 2.14. The van der Waals surface area contributed by atoms with Crippen LogP contribution >= 0.6 is 0 Å². The SMILES string of the molecule is Nc1ncnc2ccncc12.O=C(O)C(F)(F)F.O=C(O)C(F)(F)F. The number of aliphatic carboxylic acids is 2. The Hall–Kier alpha value is -3.19. The number of nitrogens with zero attached hydrogens (tertiary/aromatic N) is 3. The van der Waals surface area contributed by atoms with Gasteiger partial charge >= 0.3 is 24.3 Å². The summed E-state index contributed by atoms with van der Waals surface area (Å²) in [6.45, 7) is 0. The van der Waals surface area contributed by atoms with E-state index in [0.717, 1.165) is 10.9 Å². The summed E-state index contributed by atoms with van der Waals surface area (Å²) in [5.41, 5.74) is 6.39. The number of halogens is 6. The quantitative estimate of drug-likeness (QED) is 0.594. The van der Waals surface area contributed by atoms with E-state index in [9.17, 15) is 26.3 Å². The molecule has 14 heteroatoms. The van der Waals surface area contributed by atoms with Crippen molar-refractivity contribution in [2.24, 2.45) is 0 Å². The molecule has 0 aliphatic carbocycles. The lowest BCUT2D eigenvalue weighted by Gasteiger charge is -1.96. The van der Waals surface area contributed by atoms with Crippen molar-refractivity contribution in [2.45, 2.75) is 12.4 Å². The Balaban J connectivity index is 0.000000366. The maximum atomic E-state index is 10.6. The normalized spacial score (nSPS) is 10.8. The van der Waals surface area contributed by atoms with Crippen LogP contribution in [-0.2, 0) is 9.59 Å². The van der Waals surface area contributed by atoms with E-state index in [1.54, 1.807) is 18.5 Å². The molecule has 0 aliphatic heterocycles. The smallest absolute Gasteiger partial charge is 0.475 e. The first-order valence-electron chi connectivity index (χ1n) is 5.67. The minimum Gasteiger partial charge on any atom is -0.475 e. The lowest BCUT2D eigenvalue weighted by atomic mass is 10.3. The number of carbonyl (C=O) groups is 2. The zero-order valence-electron chi connectivity index (χ0n) is 11.7. The van der Waals surface area contributed by atoms with Gasteiger partial charge in [0.15, 0.2) is 0 Å². The molecule has 0 amide bonds. The van der Waals surface area contributed by atoms with Crippen LogP contribution in [0.3, 0.4) is 0 Å². The third-order valence-corrected chi connectivity index (χ3v) is 1.95. The molecule has 0 saturated carbocycles. The number of carboxylic acid groups (broad SMARTS) is 2. The molecular weight excluding hydrogens is 366 g/mol. The second-order valence-corrected chi connectivity index (χ2v) is 3.76. The van der Waals surface area contributed by atoms with Crippen molar-refractivity contribution >= 4 is 28.7 Å². The van der Waals surface area contributed by atoms with Crippen LogP contribution in [0.1, 0.15) is 0 Å². The Kier molecular flexibility index (Phi) is 7.51. The van der Waals surface area contributed by atoms with Crippen LogP contribution in [-0.4, -0.2) is 49.5 Å². The van der Waals surface area contributed by atoms with Crippen LogP contribution in [0, 0.1) is 0 Å². The number of rotatable bonds is 0. The molecule has 2 aromatic heterocycles. The topological polar surface area (TPSA) is 139 Å². The largest absolute Gasteiger partial charge is 0.490 e. The standard InChI is InChI=1S/C7H6N4.2C2HF3O2/c8-7-5-3-9-2-1-6(5)10-4-11-7;2*3-2(4,5)1(6)7/h1-4H,(H2,8,10,11);2*(H,6,7). The minimum absolute atomic E-state index is 0.475. The molecule has 0 spiro atoms. The Morgan fingerprint density at radius 3 is 1.76 bits per heavy atom. The summed E-state index contributed by atoms with van der Waals surface area (Å²) in [6.07, 6.45) is -5.39. The number of fused-ring (bicyclic) bond motifs is 1. The van der Waals surface area contributed by atoms with Crippen molar-refractivity contribution in [3.05, 3.63) is 24.8 Å². The molecule has 2 rings (SSSR count). The molecule has 0 aromatic carbocycles. The van der Waals surface area contributed by atoms with Gasteiger partial charge in [-0.2, -0.15) is 26.3 Å². The molecule has 0 aliphatic rings. The van der Waals surface area contributed by atoms with Gasteiger partial charge in [-0.1, -0.05) is 0 Å². The monoisotopic (exact) mass is 374 g/mol. The van der Waals surface area contributed by atoms with Gasteiger partial charge in [-0.25, -0.2) is 19.6 Å². The van der Waals surface area contributed by atoms with Crippen molar-refractivity contribution in [3.63, 3.8) is 0 Å². The molecule has 0 saturated heterocycles. The Bertz CT molecular complexity index is 705. The summed E-state index contributed by atoms with van der Waals surface area (Å²) in [7, 11) is 0. The molecule has 0 fully saturated rings. The van der Waals surface area contributed by atoms with Crippen molar-refractivity contribution in [3.8, 4) is 0 Å². The van der Waals surface area contributed by atoms with Crippen LogP contribution < -0.4 is 5.73 Å². The number of alkyl halides is 6. The average Bonchev–Trinajstić information content (AvgIpc) is 2.47. The zero-order valence-corrected chi connectivity index (χ0v) is 11.7. The highest BCUT2D eigenvalue weighted by atomic mass is 19.4. The van der Waals surface area contributed by atoms with E-state index >= 15 is 0 Å². The van der Waals surface area contributed by atoms with E-state index < -0.39 is 24.3 Å². The molecule has 4 N–H and O–H groups in total. The molecule has 138 valence electrons. The van der Waals surface area contributed by atoms with E-state index in [1.807, 2.05) is 0 Å². The van der Waals surface area contributed by atoms with Crippen LogP contribution in [0.15, 0.2) is 24.8 Å². The van der Waals surface area contributed by atoms with Gasteiger partial charge in [0, 0.05) is 12.4 Å². The number of hydrogen-bond donors (Lipinski definition) is 3. The molecule has 0 atom stereocenters. The summed E-state index contributed by atoms with van der Waals surface area (Å²) in [5, 5.41) is 15.1. The number of anilines is 1. The van der Waals surface area contributed by atoms with Crippen LogP contribution in [0.5, 0.6) is 0 Å². The van der Waals surface area contributed by atoms with Crippen molar-refractivity contribution in [2.75, 3.05) is 5.73 Å². The van der Waals surface area contributed by atoms with E-state index in [-0.39, 0.29) is 0 Å². The molecule has 0 bridgehead atoms. The lowest BCUT2D eigenvalue weighted by Crippen LogP contribution is -2.21. The highest BCUT2D eigenvalue weighted by Gasteiger charge is 2.38. The predicted molar refractivity (Wildman–Crippen MR) is 69.1 cm³/mol. The van der Waals surface area contributed by atoms with E-state index in [0.29, 0.717) is 5.82 Å². The van der Waals surface area contributed by atoms with Gasteiger partial charge < -0.3 is 15.9 Å². The van der Waals surface area contributed by atoms with Crippen LogP contribution in [0.4, 0.5) is 32.2 Å². The maximum Gasteiger partial charge on any atom is 0.490 e. The third-order valence-electron chi connectivity index (χ3n) is 1.95. The first kappa shape index (κ1) is 21.8. The zero-order chi connectivity index (χ0) is 19.8. The number of hydrogen-bond acceptors (Lipinski definition) is 6. The first-order chi connectivity index (χ1) is 11.3. The van der Waals surface area contributed by atoms with Crippen LogP contribution in [0.2, 0.25) is 0 Å². The number of aromatic nitrogens is 3. The number of nitrogens with two attached hydrogens (primary N) is 1. The molecule has 2 aromatic rings. The van der Waals surface area contributed by atoms with Gasteiger partial charge in [0.1, 0.15) is 12.1 Å². The summed E-state index contributed by atoms with van der Waals surface area (Å²) in [4.78, 5) is 29.6. The second kappa shape index (κ2) is 8.60.